The maximum Gasteiger partial charge on any atom is 0.138 e. The fourth-order valence-electron chi connectivity index (χ4n) is 1.34. The molecule has 0 aromatic heterocycles. The molecule has 0 saturated carbocycles. The summed E-state index contributed by atoms with van der Waals surface area (Å²) in [5.41, 5.74) is 0. The number of halogens is 2. The van der Waals surface area contributed by atoms with Crippen molar-refractivity contribution >= 4 is 27.7 Å². The van der Waals surface area contributed by atoms with Crippen molar-refractivity contribution in [3.05, 3.63) is 52.8 Å². The predicted molar refractivity (Wildman–Crippen MR) is 71.2 cm³/mol. The molecule has 0 aliphatic heterocycles. The molecule has 88 valence electrons. The Morgan fingerprint density at radius 1 is 1.12 bits per heavy atom. The van der Waals surface area contributed by atoms with E-state index in [0.717, 1.165) is 15.1 Å². The van der Waals surface area contributed by atoms with Crippen LogP contribution in [0.1, 0.15) is 0 Å². The molecule has 0 saturated heterocycles. The van der Waals surface area contributed by atoms with Crippen LogP contribution >= 0.6 is 27.7 Å². The monoisotopic (exact) mass is 312 g/mol. The Hall–Kier alpha value is -1.00. The van der Waals surface area contributed by atoms with Crippen LogP contribution in [0.15, 0.2) is 56.7 Å². The van der Waals surface area contributed by atoms with Crippen molar-refractivity contribution in [2.75, 3.05) is 7.11 Å². The van der Waals surface area contributed by atoms with E-state index < -0.39 is 0 Å². The highest BCUT2D eigenvalue weighted by Crippen LogP contribution is 2.35. The van der Waals surface area contributed by atoms with Crippen LogP contribution in [0.25, 0.3) is 0 Å². The first-order chi connectivity index (χ1) is 8.20. The minimum absolute atomic E-state index is 0.222. The van der Waals surface area contributed by atoms with Gasteiger partial charge in [0.05, 0.1) is 12.0 Å². The number of benzene rings is 2. The molecule has 2 rings (SSSR count). The van der Waals surface area contributed by atoms with Crippen LogP contribution in [0.2, 0.25) is 0 Å². The zero-order valence-corrected chi connectivity index (χ0v) is 11.5. The zero-order valence-electron chi connectivity index (χ0n) is 9.11. The first-order valence-electron chi connectivity index (χ1n) is 4.96. The molecule has 2 aromatic rings. The van der Waals surface area contributed by atoms with Gasteiger partial charge in [0.15, 0.2) is 0 Å². The second-order valence-electron chi connectivity index (χ2n) is 3.33. The molecule has 0 atom stereocenters. The average molecular weight is 313 g/mol. The second kappa shape index (κ2) is 5.56. The Balaban J connectivity index is 2.25. The number of hydrogen-bond donors (Lipinski definition) is 0. The van der Waals surface area contributed by atoms with Crippen LogP contribution in [-0.4, -0.2) is 7.11 Å². The molecule has 0 unspecified atom stereocenters. The van der Waals surface area contributed by atoms with Gasteiger partial charge in [-0.2, -0.15) is 0 Å². The molecule has 0 radical (unpaired) electrons. The lowest BCUT2D eigenvalue weighted by Crippen LogP contribution is -1.84. The van der Waals surface area contributed by atoms with Gasteiger partial charge in [0.2, 0.25) is 0 Å². The molecule has 2 aromatic carbocycles. The van der Waals surface area contributed by atoms with Crippen LogP contribution < -0.4 is 4.74 Å². The Morgan fingerprint density at radius 3 is 2.41 bits per heavy atom. The number of rotatable bonds is 3. The van der Waals surface area contributed by atoms with Crippen molar-refractivity contribution in [1.29, 1.82) is 0 Å². The van der Waals surface area contributed by atoms with Crippen molar-refractivity contribution in [3.63, 3.8) is 0 Å². The molecular weight excluding hydrogens is 303 g/mol. The van der Waals surface area contributed by atoms with Crippen molar-refractivity contribution in [2.45, 2.75) is 9.79 Å². The molecule has 0 aliphatic carbocycles. The number of methoxy groups -OCH3 is 1. The zero-order chi connectivity index (χ0) is 12.3. The Bertz CT molecular complexity index is 493. The van der Waals surface area contributed by atoms with Crippen LogP contribution in [-0.2, 0) is 0 Å². The van der Waals surface area contributed by atoms with E-state index in [-0.39, 0.29) is 5.82 Å². The first kappa shape index (κ1) is 12.5. The summed E-state index contributed by atoms with van der Waals surface area (Å²) in [5.74, 6) is 0.571. The van der Waals surface area contributed by atoms with E-state index >= 15 is 0 Å². The van der Waals surface area contributed by atoms with E-state index in [0.29, 0.717) is 4.90 Å². The minimum atomic E-state index is -0.222. The summed E-state index contributed by atoms with van der Waals surface area (Å²) in [5, 5.41) is 0. The SMILES string of the molecule is COc1ccc(Sc2c(F)cccc2Br)cc1. The summed E-state index contributed by atoms with van der Waals surface area (Å²) < 4.78 is 19.4. The van der Waals surface area contributed by atoms with Crippen LogP contribution in [0, 0.1) is 5.82 Å². The van der Waals surface area contributed by atoms with E-state index in [2.05, 4.69) is 15.9 Å². The summed E-state index contributed by atoms with van der Waals surface area (Å²) in [7, 11) is 1.62. The third-order valence-electron chi connectivity index (χ3n) is 2.20. The van der Waals surface area contributed by atoms with Gasteiger partial charge in [-0.1, -0.05) is 17.8 Å². The highest BCUT2D eigenvalue weighted by molar-refractivity contribution is 9.10. The summed E-state index contributed by atoms with van der Waals surface area (Å²) in [6, 6.07) is 12.5. The van der Waals surface area contributed by atoms with Gasteiger partial charge in [-0.25, -0.2) is 4.39 Å². The van der Waals surface area contributed by atoms with Crippen molar-refractivity contribution in [1.82, 2.24) is 0 Å². The highest BCUT2D eigenvalue weighted by atomic mass is 79.9. The summed E-state index contributed by atoms with van der Waals surface area (Å²) in [4.78, 5) is 1.56. The molecule has 0 N–H and O–H groups in total. The van der Waals surface area contributed by atoms with Crippen molar-refractivity contribution < 1.29 is 9.13 Å². The highest BCUT2D eigenvalue weighted by Gasteiger charge is 2.08. The van der Waals surface area contributed by atoms with E-state index in [1.165, 1.54) is 17.8 Å². The average Bonchev–Trinajstić information content (AvgIpc) is 2.35. The summed E-state index contributed by atoms with van der Waals surface area (Å²) >= 11 is 4.73. The topological polar surface area (TPSA) is 9.23 Å². The molecule has 1 nitrogen and oxygen atoms in total. The van der Waals surface area contributed by atoms with Gasteiger partial charge in [0, 0.05) is 9.37 Å². The Kier molecular flexibility index (Phi) is 4.07. The van der Waals surface area contributed by atoms with Gasteiger partial charge in [-0.05, 0) is 52.3 Å². The van der Waals surface area contributed by atoms with E-state index in [9.17, 15) is 4.39 Å². The Morgan fingerprint density at radius 2 is 1.82 bits per heavy atom. The number of hydrogen-bond acceptors (Lipinski definition) is 2. The van der Waals surface area contributed by atoms with Gasteiger partial charge in [0.25, 0.3) is 0 Å². The largest absolute Gasteiger partial charge is 0.497 e. The van der Waals surface area contributed by atoms with E-state index in [4.69, 9.17) is 4.74 Å². The molecule has 0 heterocycles. The van der Waals surface area contributed by atoms with E-state index in [1.54, 1.807) is 13.2 Å². The van der Waals surface area contributed by atoms with Gasteiger partial charge >= 0.3 is 0 Å². The van der Waals surface area contributed by atoms with Crippen LogP contribution in [0.4, 0.5) is 4.39 Å². The quantitative estimate of drug-likeness (QED) is 0.809. The van der Waals surface area contributed by atoms with Gasteiger partial charge in [-0.3, -0.25) is 0 Å². The standard InChI is InChI=1S/C13H10BrFOS/c1-16-9-5-7-10(8-6-9)17-13-11(14)3-2-4-12(13)15/h2-8H,1H3. The Labute approximate surface area is 112 Å². The molecule has 0 bridgehead atoms. The lowest BCUT2D eigenvalue weighted by atomic mass is 10.3. The fourth-order valence-corrected chi connectivity index (χ4v) is 2.77. The maximum atomic E-state index is 13.6. The maximum absolute atomic E-state index is 13.6. The van der Waals surface area contributed by atoms with Gasteiger partial charge in [0.1, 0.15) is 11.6 Å². The van der Waals surface area contributed by atoms with E-state index in [1.807, 2.05) is 30.3 Å². The second-order valence-corrected chi connectivity index (χ2v) is 5.27. The molecular formula is C13H10BrFOS. The lowest BCUT2D eigenvalue weighted by Gasteiger charge is -2.06. The van der Waals surface area contributed by atoms with Crippen LogP contribution in [0.3, 0.4) is 0 Å². The van der Waals surface area contributed by atoms with Gasteiger partial charge < -0.3 is 4.74 Å². The number of ether oxygens (including phenoxy) is 1. The van der Waals surface area contributed by atoms with Crippen molar-refractivity contribution in [3.8, 4) is 5.75 Å². The minimum Gasteiger partial charge on any atom is -0.497 e. The molecule has 0 spiro atoms. The fraction of sp³-hybridized carbons (Fsp3) is 0.0769. The molecule has 4 heteroatoms. The molecule has 0 amide bonds. The molecule has 0 fully saturated rings. The van der Waals surface area contributed by atoms with Crippen molar-refractivity contribution in [2.24, 2.45) is 0 Å². The molecule has 17 heavy (non-hydrogen) atoms. The third-order valence-corrected chi connectivity index (χ3v) is 4.25. The van der Waals surface area contributed by atoms with Gasteiger partial charge in [-0.15, -0.1) is 0 Å². The first-order valence-corrected chi connectivity index (χ1v) is 6.57. The molecule has 0 aliphatic rings. The predicted octanol–water partition coefficient (Wildman–Crippen LogP) is 4.75. The normalized spacial score (nSPS) is 10.3. The smallest absolute Gasteiger partial charge is 0.138 e. The summed E-state index contributed by atoms with van der Waals surface area (Å²) in [6.07, 6.45) is 0. The van der Waals surface area contributed by atoms with Crippen LogP contribution in [0.5, 0.6) is 5.75 Å². The third kappa shape index (κ3) is 3.01. The summed E-state index contributed by atoms with van der Waals surface area (Å²) in [6.45, 7) is 0. The lowest BCUT2D eigenvalue weighted by molar-refractivity contribution is 0.414.